The minimum absolute atomic E-state index is 0.308. The van der Waals surface area contributed by atoms with Crippen LogP contribution < -0.4 is 0 Å². The lowest BCUT2D eigenvalue weighted by Gasteiger charge is -2.14. The highest BCUT2D eigenvalue weighted by atomic mass is 127. The Labute approximate surface area is 131 Å². The molecule has 3 nitrogen and oxygen atoms in total. The zero-order valence-corrected chi connectivity index (χ0v) is 13.0. The fourth-order valence-electron chi connectivity index (χ4n) is 1.82. The third-order valence-electron chi connectivity index (χ3n) is 2.90. The molecule has 0 aliphatic rings. The van der Waals surface area contributed by atoms with Gasteiger partial charge in [0.1, 0.15) is 0 Å². The molecule has 0 spiro atoms. The van der Waals surface area contributed by atoms with Crippen molar-refractivity contribution in [1.29, 1.82) is 0 Å². The molecule has 0 saturated carbocycles. The molecule has 104 valence electrons. The van der Waals surface area contributed by atoms with Crippen LogP contribution >= 0.6 is 22.6 Å². The van der Waals surface area contributed by atoms with Gasteiger partial charge in [-0.05, 0) is 45.9 Å². The first-order valence-electron chi connectivity index (χ1n) is 6.28. The van der Waals surface area contributed by atoms with Crippen molar-refractivity contribution in [3.05, 3.63) is 69.3 Å². The molecule has 0 amide bonds. The molecule has 0 radical (unpaired) electrons. The summed E-state index contributed by atoms with van der Waals surface area (Å²) < 4.78 is 6.65. The summed E-state index contributed by atoms with van der Waals surface area (Å²) in [4.78, 5) is 11.3. The third-order valence-corrected chi connectivity index (χ3v) is 3.62. The van der Waals surface area contributed by atoms with Gasteiger partial charge in [-0.25, -0.2) is 4.79 Å². The van der Waals surface area contributed by atoms with Crippen molar-refractivity contribution in [3.8, 4) is 0 Å². The number of ether oxygens (including phenoxy) is 1. The Balaban J connectivity index is 1.97. The van der Waals surface area contributed by atoms with E-state index in [-0.39, 0.29) is 0 Å². The van der Waals surface area contributed by atoms with Crippen LogP contribution in [0.15, 0.2) is 54.6 Å². The van der Waals surface area contributed by atoms with E-state index in [4.69, 9.17) is 4.74 Å². The van der Waals surface area contributed by atoms with E-state index in [0.29, 0.717) is 13.0 Å². The zero-order valence-electron chi connectivity index (χ0n) is 10.8. The van der Waals surface area contributed by atoms with E-state index in [1.165, 1.54) is 0 Å². The minimum Gasteiger partial charge on any atom is -0.479 e. The van der Waals surface area contributed by atoms with Gasteiger partial charge in [0, 0.05) is 9.99 Å². The summed E-state index contributed by atoms with van der Waals surface area (Å²) in [6, 6.07) is 17.4. The number of hydrogen-bond acceptors (Lipinski definition) is 2. The first-order valence-corrected chi connectivity index (χ1v) is 7.36. The van der Waals surface area contributed by atoms with Crippen LogP contribution in [0, 0.1) is 3.57 Å². The maximum absolute atomic E-state index is 11.3. The molecule has 0 unspecified atom stereocenters. The maximum atomic E-state index is 11.3. The quantitative estimate of drug-likeness (QED) is 0.778. The van der Waals surface area contributed by atoms with Crippen LogP contribution in [0.5, 0.6) is 0 Å². The van der Waals surface area contributed by atoms with Gasteiger partial charge in [0.05, 0.1) is 6.61 Å². The van der Waals surface area contributed by atoms with Gasteiger partial charge in [0.25, 0.3) is 0 Å². The molecular formula is C16H15IO3. The van der Waals surface area contributed by atoms with Crippen LogP contribution in [-0.4, -0.2) is 17.2 Å². The number of aliphatic carboxylic acids is 1. The average molecular weight is 382 g/mol. The molecule has 0 aliphatic heterocycles. The molecule has 0 saturated heterocycles. The summed E-state index contributed by atoms with van der Waals surface area (Å²) in [5, 5.41) is 9.24. The first-order chi connectivity index (χ1) is 9.65. The van der Waals surface area contributed by atoms with E-state index in [9.17, 15) is 9.90 Å². The molecule has 0 heterocycles. The van der Waals surface area contributed by atoms with E-state index in [2.05, 4.69) is 22.6 Å². The number of hydrogen-bond donors (Lipinski definition) is 1. The number of carboxylic acids is 1. The second-order valence-corrected chi connectivity index (χ2v) is 5.70. The molecule has 4 heteroatoms. The van der Waals surface area contributed by atoms with Gasteiger partial charge in [0.15, 0.2) is 6.10 Å². The van der Waals surface area contributed by atoms with Crippen LogP contribution in [-0.2, 0) is 22.6 Å². The van der Waals surface area contributed by atoms with Gasteiger partial charge in [-0.3, -0.25) is 0 Å². The molecule has 2 aromatic carbocycles. The summed E-state index contributed by atoms with van der Waals surface area (Å²) in [5.74, 6) is -0.931. The fourth-order valence-corrected chi connectivity index (χ4v) is 2.18. The Morgan fingerprint density at radius 2 is 1.70 bits per heavy atom. The molecule has 0 aliphatic carbocycles. The summed E-state index contributed by atoms with van der Waals surface area (Å²) in [6.45, 7) is 0.308. The second-order valence-electron chi connectivity index (χ2n) is 4.45. The highest BCUT2D eigenvalue weighted by molar-refractivity contribution is 14.1. The van der Waals surface area contributed by atoms with E-state index < -0.39 is 12.1 Å². The summed E-state index contributed by atoms with van der Waals surface area (Å²) >= 11 is 2.22. The minimum atomic E-state index is -0.931. The van der Waals surface area contributed by atoms with E-state index in [1.54, 1.807) is 0 Å². The van der Waals surface area contributed by atoms with E-state index >= 15 is 0 Å². The smallest absolute Gasteiger partial charge is 0.333 e. The molecule has 0 fully saturated rings. The van der Waals surface area contributed by atoms with Crippen molar-refractivity contribution >= 4 is 28.6 Å². The van der Waals surface area contributed by atoms with Gasteiger partial charge in [-0.2, -0.15) is 0 Å². The number of carbonyl (C=O) groups is 1. The molecule has 2 rings (SSSR count). The van der Waals surface area contributed by atoms with Gasteiger partial charge in [0.2, 0.25) is 0 Å². The molecule has 1 atom stereocenters. The summed E-state index contributed by atoms with van der Waals surface area (Å²) in [5.41, 5.74) is 1.94. The number of rotatable bonds is 6. The standard InChI is InChI=1S/C16H15IO3/c17-14-8-6-12(7-9-14)10-15(16(18)19)20-11-13-4-2-1-3-5-13/h1-9,15H,10-11H2,(H,18,19)/t15-/m0/s1. The fraction of sp³-hybridized carbons (Fsp3) is 0.188. The topological polar surface area (TPSA) is 46.5 Å². The van der Waals surface area contributed by atoms with Crippen LogP contribution in [0.4, 0.5) is 0 Å². The SMILES string of the molecule is O=C(O)[C@H](Cc1ccc(I)cc1)OCc1ccccc1. The van der Waals surface area contributed by atoms with Crippen LogP contribution in [0.1, 0.15) is 11.1 Å². The Kier molecular flexibility index (Phi) is 5.55. The number of benzene rings is 2. The van der Waals surface area contributed by atoms with Gasteiger partial charge < -0.3 is 9.84 Å². The monoisotopic (exact) mass is 382 g/mol. The highest BCUT2D eigenvalue weighted by Crippen LogP contribution is 2.12. The molecule has 2 aromatic rings. The predicted molar refractivity (Wildman–Crippen MR) is 85.5 cm³/mol. The van der Waals surface area contributed by atoms with Crippen molar-refractivity contribution in [1.82, 2.24) is 0 Å². The average Bonchev–Trinajstić information content (AvgIpc) is 2.46. The lowest BCUT2D eigenvalue weighted by molar-refractivity contribution is -0.151. The van der Waals surface area contributed by atoms with Crippen LogP contribution in [0.2, 0.25) is 0 Å². The Hall–Kier alpha value is -1.40. The predicted octanol–water partition coefficient (Wildman–Crippen LogP) is 3.50. The molecule has 20 heavy (non-hydrogen) atoms. The van der Waals surface area contributed by atoms with Crippen molar-refractivity contribution in [3.63, 3.8) is 0 Å². The molecular weight excluding hydrogens is 367 g/mol. The zero-order chi connectivity index (χ0) is 14.4. The normalized spacial score (nSPS) is 12.1. The van der Waals surface area contributed by atoms with Crippen molar-refractivity contribution in [2.24, 2.45) is 0 Å². The van der Waals surface area contributed by atoms with Crippen molar-refractivity contribution in [2.45, 2.75) is 19.1 Å². The first kappa shape index (κ1) is 15.0. The maximum Gasteiger partial charge on any atom is 0.333 e. The Bertz CT molecular complexity index is 552. The molecule has 0 aromatic heterocycles. The van der Waals surface area contributed by atoms with Crippen LogP contribution in [0.3, 0.4) is 0 Å². The number of halogens is 1. The van der Waals surface area contributed by atoms with Crippen molar-refractivity contribution in [2.75, 3.05) is 0 Å². The van der Waals surface area contributed by atoms with Crippen molar-refractivity contribution < 1.29 is 14.6 Å². The van der Waals surface area contributed by atoms with Gasteiger partial charge in [-0.15, -0.1) is 0 Å². The number of carboxylic acid groups (broad SMARTS) is 1. The van der Waals surface area contributed by atoms with E-state index in [1.807, 2.05) is 54.6 Å². The third kappa shape index (κ3) is 4.61. The summed E-state index contributed by atoms with van der Waals surface area (Å²) in [7, 11) is 0. The van der Waals surface area contributed by atoms with Crippen LogP contribution in [0.25, 0.3) is 0 Å². The molecule has 1 N–H and O–H groups in total. The van der Waals surface area contributed by atoms with Gasteiger partial charge >= 0.3 is 5.97 Å². The molecule has 0 bridgehead atoms. The largest absolute Gasteiger partial charge is 0.479 e. The summed E-state index contributed by atoms with van der Waals surface area (Å²) in [6.07, 6.45) is -0.450. The van der Waals surface area contributed by atoms with Gasteiger partial charge in [-0.1, -0.05) is 42.5 Å². The lowest BCUT2D eigenvalue weighted by Crippen LogP contribution is -2.26. The van der Waals surface area contributed by atoms with E-state index in [0.717, 1.165) is 14.7 Å². The highest BCUT2D eigenvalue weighted by Gasteiger charge is 2.18. The lowest BCUT2D eigenvalue weighted by atomic mass is 10.1. The Morgan fingerprint density at radius 3 is 2.30 bits per heavy atom. The Morgan fingerprint density at radius 1 is 1.05 bits per heavy atom. The second kappa shape index (κ2) is 7.40.